The number of hydrogen-bond acceptors (Lipinski definition) is 5. The Morgan fingerprint density at radius 2 is 1.38 bits per heavy atom. The molecule has 3 N–H and O–H groups in total. The molecule has 0 spiro atoms. The average molecular weight is 538 g/mol. The lowest BCUT2D eigenvalue weighted by atomic mass is 10.0. The molecule has 0 amide bonds. The van der Waals surface area contributed by atoms with Crippen LogP contribution in [0.25, 0.3) is 11.2 Å². The highest BCUT2D eigenvalue weighted by Crippen LogP contribution is 2.25. The van der Waals surface area contributed by atoms with E-state index >= 15 is 0 Å². The van der Waals surface area contributed by atoms with Crippen LogP contribution in [0.3, 0.4) is 0 Å². The highest BCUT2D eigenvalue weighted by atomic mass is 16.5. The summed E-state index contributed by atoms with van der Waals surface area (Å²) in [6.07, 6.45) is 24.4. The third kappa shape index (κ3) is 11.1. The molecule has 0 aliphatic heterocycles. The van der Waals surface area contributed by atoms with Gasteiger partial charge in [-0.05, 0) is 18.4 Å². The summed E-state index contributed by atoms with van der Waals surface area (Å²) in [6.45, 7) is 3.71. The molecule has 2 heterocycles. The average Bonchev–Trinajstić information content (AvgIpc) is 3.36. The van der Waals surface area contributed by atoms with Gasteiger partial charge in [-0.3, -0.25) is 9.78 Å². The monoisotopic (exact) mass is 537 g/mol. The Morgan fingerprint density at radius 3 is 1.97 bits per heavy atom. The lowest BCUT2D eigenvalue weighted by molar-refractivity contribution is 0.120. The van der Waals surface area contributed by atoms with Gasteiger partial charge >= 0.3 is 0 Å². The molecule has 0 saturated heterocycles. The predicted octanol–water partition coefficient (Wildman–Crippen LogP) is 7.96. The number of imidazole rings is 1. The Hall–Kier alpha value is -2.67. The zero-order valence-corrected chi connectivity index (χ0v) is 24.2. The highest BCUT2D eigenvalue weighted by Gasteiger charge is 2.19. The number of benzene rings is 1. The van der Waals surface area contributed by atoms with Crippen molar-refractivity contribution in [2.24, 2.45) is 0 Å². The summed E-state index contributed by atoms with van der Waals surface area (Å²) in [5, 5.41) is 0. The molecule has 7 nitrogen and oxygen atoms in total. The normalized spacial score (nSPS) is 12.3. The molecule has 0 fully saturated rings. The minimum atomic E-state index is -0.317. The molecule has 0 bridgehead atoms. The molecule has 1 aromatic carbocycles. The fourth-order valence-corrected chi connectivity index (χ4v) is 5.36. The largest absolute Gasteiger partial charge is 0.381 e. The summed E-state index contributed by atoms with van der Waals surface area (Å²) in [6, 6.07) is 10.2. The van der Waals surface area contributed by atoms with E-state index in [0.29, 0.717) is 17.8 Å². The van der Waals surface area contributed by atoms with Crippen LogP contribution >= 0.6 is 0 Å². The Kier molecular flexibility index (Phi) is 14.7. The Morgan fingerprint density at radius 1 is 0.821 bits per heavy atom. The van der Waals surface area contributed by atoms with Crippen LogP contribution in [0.5, 0.6) is 0 Å². The van der Waals surface area contributed by atoms with Gasteiger partial charge in [0, 0.05) is 13.2 Å². The van der Waals surface area contributed by atoms with Crippen molar-refractivity contribution in [1.82, 2.24) is 19.5 Å². The molecule has 3 rings (SSSR count). The summed E-state index contributed by atoms with van der Waals surface area (Å²) in [4.78, 5) is 23.4. The predicted molar refractivity (Wildman–Crippen MR) is 162 cm³/mol. The molecule has 1 atom stereocenters. The number of unbranched alkanes of at least 4 members (excludes halogenated alkanes) is 15. The molecule has 39 heavy (non-hydrogen) atoms. The summed E-state index contributed by atoms with van der Waals surface area (Å²) in [5.74, 6) is 0.0980. The van der Waals surface area contributed by atoms with Crippen molar-refractivity contribution in [3.05, 3.63) is 52.6 Å². The maximum absolute atomic E-state index is 12.2. The van der Waals surface area contributed by atoms with Gasteiger partial charge in [0.25, 0.3) is 5.56 Å². The number of rotatable bonds is 22. The molecule has 0 aliphatic carbocycles. The fraction of sp³-hybridized carbons (Fsp3) is 0.656. The smallest absolute Gasteiger partial charge is 0.280 e. The van der Waals surface area contributed by atoms with Gasteiger partial charge in [-0.15, -0.1) is 0 Å². The number of H-pyrrole nitrogens is 1. The van der Waals surface area contributed by atoms with Gasteiger partial charge in [0.2, 0.25) is 5.95 Å². The summed E-state index contributed by atoms with van der Waals surface area (Å²) in [5.41, 5.74) is 7.43. The molecule has 3 aromatic rings. The number of fused-ring (bicyclic) bond motifs is 1. The van der Waals surface area contributed by atoms with Crippen molar-refractivity contribution >= 4 is 17.1 Å². The Bertz CT molecular complexity index is 1090. The number of nitrogens with two attached hydrogens (primary N) is 1. The van der Waals surface area contributed by atoms with Crippen LogP contribution < -0.4 is 11.3 Å². The van der Waals surface area contributed by atoms with Crippen molar-refractivity contribution in [2.75, 3.05) is 18.9 Å². The van der Waals surface area contributed by atoms with E-state index in [4.69, 9.17) is 10.5 Å². The molecule has 216 valence electrons. The Labute approximate surface area is 235 Å². The van der Waals surface area contributed by atoms with Crippen molar-refractivity contribution < 1.29 is 4.74 Å². The van der Waals surface area contributed by atoms with E-state index in [0.717, 1.165) is 25.0 Å². The number of aromatic amines is 1. The molecular weight excluding hydrogens is 486 g/mol. The molecule has 0 saturated carbocycles. The van der Waals surface area contributed by atoms with Crippen LogP contribution in [0.1, 0.15) is 128 Å². The SMILES string of the molecule is CCCCCCCCCCCCCCCCCCOCCC(c1ccccc1)n1cnc2c(=O)[nH]c(N)nc21. The number of hydrogen-bond donors (Lipinski definition) is 2. The van der Waals surface area contributed by atoms with Gasteiger partial charge in [0.1, 0.15) is 0 Å². The molecule has 7 heteroatoms. The second-order valence-electron chi connectivity index (χ2n) is 10.9. The van der Waals surface area contributed by atoms with Gasteiger partial charge < -0.3 is 15.0 Å². The maximum Gasteiger partial charge on any atom is 0.280 e. The molecule has 0 radical (unpaired) electrons. The van der Waals surface area contributed by atoms with Crippen LogP contribution in [-0.4, -0.2) is 32.7 Å². The second-order valence-corrected chi connectivity index (χ2v) is 10.9. The summed E-state index contributed by atoms with van der Waals surface area (Å²) < 4.78 is 7.95. The van der Waals surface area contributed by atoms with E-state index in [2.05, 4.69) is 34.0 Å². The van der Waals surface area contributed by atoms with Crippen LogP contribution in [0.4, 0.5) is 5.95 Å². The first-order valence-corrected chi connectivity index (χ1v) is 15.6. The van der Waals surface area contributed by atoms with Crippen molar-refractivity contribution in [1.29, 1.82) is 0 Å². The first kappa shape index (κ1) is 30.9. The van der Waals surface area contributed by atoms with Crippen molar-refractivity contribution in [3.63, 3.8) is 0 Å². The molecule has 1 unspecified atom stereocenters. The van der Waals surface area contributed by atoms with E-state index in [9.17, 15) is 4.79 Å². The minimum absolute atomic E-state index is 0.0318. The van der Waals surface area contributed by atoms with E-state index in [1.807, 2.05) is 22.8 Å². The first-order chi connectivity index (χ1) is 19.2. The quantitative estimate of drug-likeness (QED) is 0.127. The Balaban J connectivity index is 1.25. The summed E-state index contributed by atoms with van der Waals surface area (Å²) >= 11 is 0. The third-order valence-corrected chi connectivity index (χ3v) is 7.65. The number of aromatic nitrogens is 4. The van der Waals surface area contributed by atoms with Gasteiger partial charge in [-0.1, -0.05) is 134 Å². The lowest BCUT2D eigenvalue weighted by Crippen LogP contribution is -2.16. The number of ether oxygens (including phenoxy) is 1. The van der Waals surface area contributed by atoms with E-state index < -0.39 is 0 Å². The fourth-order valence-electron chi connectivity index (χ4n) is 5.36. The third-order valence-electron chi connectivity index (χ3n) is 7.65. The van der Waals surface area contributed by atoms with Gasteiger partial charge in [-0.25, -0.2) is 4.98 Å². The van der Waals surface area contributed by atoms with Crippen LogP contribution in [-0.2, 0) is 4.74 Å². The zero-order chi connectivity index (χ0) is 27.5. The minimum Gasteiger partial charge on any atom is -0.381 e. The topological polar surface area (TPSA) is 98.8 Å². The van der Waals surface area contributed by atoms with Crippen molar-refractivity contribution in [3.8, 4) is 0 Å². The lowest BCUT2D eigenvalue weighted by Gasteiger charge is -2.19. The first-order valence-electron chi connectivity index (χ1n) is 15.6. The number of nitrogens with one attached hydrogen (secondary N) is 1. The van der Waals surface area contributed by atoms with Gasteiger partial charge in [-0.2, -0.15) is 4.98 Å². The summed E-state index contributed by atoms with van der Waals surface area (Å²) in [7, 11) is 0. The zero-order valence-electron chi connectivity index (χ0n) is 24.2. The van der Waals surface area contributed by atoms with Gasteiger partial charge in [0.15, 0.2) is 11.2 Å². The number of anilines is 1. The standard InChI is InChI=1S/C32H51N5O2/c1-2-3-4-5-6-7-8-9-10-11-12-13-14-15-16-20-24-39-25-23-28(27-21-18-17-19-22-27)37-26-34-29-30(37)35-32(33)36-31(29)38/h17-19,21-22,26,28H,2-16,20,23-25H2,1H3,(H3,33,35,36,38). The highest BCUT2D eigenvalue weighted by molar-refractivity contribution is 5.70. The van der Waals surface area contributed by atoms with E-state index in [1.54, 1.807) is 6.33 Å². The van der Waals surface area contributed by atoms with Crippen LogP contribution in [0, 0.1) is 0 Å². The number of nitrogen functional groups attached to an aromatic ring is 1. The van der Waals surface area contributed by atoms with E-state index in [-0.39, 0.29) is 17.5 Å². The van der Waals surface area contributed by atoms with Gasteiger partial charge in [0.05, 0.1) is 12.4 Å². The van der Waals surface area contributed by atoms with Crippen molar-refractivity contribution in [2.45, 2.75) is 122 Å². The molecule has 2 aromatic heterocycles. The maximum atomic E-state index is 12.2. The number of nitrogens with zero attached hydrogens (tertiary/aromatic N) is 3. The second kappa shape index (κ2) is 18.6. The van der Waals surface area contributed by atoms with E-state index in [1.165, 1.54) is 96.3 Å². The van der Waals surface area contributed by atoms with Crippen LogP contribution in [0.15, 0.2) is 41.5 Å². The molecular formula is C32H51N5O2. The molecule has 0 aliphatic rings. The van der Waals surface area contributed by atoms with Crippen LogP contribution in [0.2, 0.25) is 0 Å².